The average Bonchev–Trinajstić information content (AvgIpc) is 2.38. The largest absolute Gasteiger partial charge is 0.416 e. The van der Waals surface area contributed by atoms with Gasteiger partial charge in [0.25, 0.3) is 0 Å². The molecule has 0 aliphatic heterocycles. The van der Waals surface area contributed by atoms with Crippen molar-refractivity contribution in [2.24, 2.45) is 5.73 Å². The molecule has 1 amide bonds. The Hall–Kier alpha value is -1.27. The minimum absolute atomic E-state index is 0.112. The summed E-state index contributed by atoms with van der Waals surface area (Å²) < 4.78 is 37.5. The summed E-state index contributed by atoms with van der Waals surface area (Å²) in [5, 5.41) is 2.29. The van der Waals surface area contributed by atoms with E-state index in [2.05, 4.69) is 5.32 Å². The second-order valence-corrected chi connectivity index (χ2v) is 4.92. The predicted molar refractivity (Wildman–Crippen MR) is 72.6 cm³/mol. The van der Waals surface area contributed by atoms with Crippen molar-refractivity contribution < 1.29 is 18.0 Å². The maximum Gasteiger partial charge on any atom is 0.416 e. The van der Waals surface area contributed by atoms with E-state index in [4.69, 9.17) is 17.3 Å². The third-order valence-electron chi connectivity index (χ3n) is 3.26. The number of carbonyl (C=O) groups is 1. The highest BCUT2D eigenvalue weighted by molar-refractivity contribution is 6.33. The van der Waals surface area contributed by atoms with E-state index >= 15 is 0 Å². The Kier molecular flexibility index (Phi) is 5.05. The van der Waals surface area contributed by atoms with Crippen LogP contribution in [0.2, 0.25) is 5.02 Å². The van der Waals surface area contributed by atoms with E-state index in [1.54, 1.807) is 13.8 Å². The molecule has 0 saturated carbocycles. The van der Waals surface area contributed by atoms with Gasteiger partial charge in [-0.3, -0.25) is 4.79 Å². The number of anilines is 1. The van der Waals surface area contributed by atoms with Gasteiger partial charge in [0.05, 0.1) is 21.8 Å². The lowest BCUT2D eigenvalue weighted by Crippen LogP contribution is -2.50. The topological polar surface area (TPSA) is 55.1 Å². The van der Waals surface area contributed by atoms with Crippen molar-refractivity contribution in [1.29, 1.82) is 0 Å². The smallest absolute Gasteiger partial charge is 0.323 e. The van der Waals surface area contributed by atoms with Crippen molar-refractivity contribution in [3.05, 3.63) is 28.8 Å². The Balaban J connectivity index is 2.98. The molecule has 0 aliphatic rings. The number of hydrogen-bond acceptors (Lipinski definition) is 2. The van der Waals surface area contributed by atoms with Crippen LogP contribution in [0.5, 0.6) is 0 Å². The van der Waals surface area contributed by atoms with Crippen LogP contribution in [0.3, 0.4) is 0 Å². The number of nitrogens with one attached hydrogen (secondary N) is 1. The number of rotatable bonds is 4. The first kappa shape index (κ1) is 16.8. The third kappa shape index (κ3) is 3.64. The van der Waals surface area contributed by atoms with E-state index in [0.717, 1.165) is 18.2 Å². The molecule has 1 aromatic rings. The summed E-state index contributed by atoms with van der Waals surface area (Å²) in [4.78, 5) is 12.0. The Morgan fingerprint density at radius 3 is 2.25 bits per heavy atom. The van der Waals surface area contributed by atoms with Crippen molar-refractivity contribution in [2.75, 3.05) is 5.32 Å². The number of carbonyl (C=O) groups excluding carboxylic acids is 1. The normalized spacial score (nSPS) is 12.3. The third-order valence-corrected chi connectivity index (χ3v) is 3.57. The molecule has 0 spiro atoms. The van der Waals surface area contributed by atoms with E-state index in [1.165, 1.54) is 0 Å². The van der Waals surface area contributed by atoms with Crippen LogP contribution in [-0.4, -0.2) is 11.4 Å². The van der Waals surface area contributed by atoms with E-state index in [-0.39, 0.29) is 10.7 Å². The molecular formula is C13H16ClF3N2O. The minimum atomic E-state index is -4.48. The molecule has 0 fully saturated rings. The van der Waals surface area contributed by atoms with Gasteiger partial charge in [-0.05, 0) is 31.0 Å². The van der Waals surface area contributed by atoms with Crippen LogP contribution in [0.25, 0.3) is 0 Å². The first-order valence-electron chi connectivity index (χ1n) is 6.11. The summed E-state index contributed by atoms with van der Waals surface area (Å²) in [5.41, 5.74) is 4.08. The summed E-state index contributed by atoms with van der Waals surface area (Å²) in [6, 6.07) is 2.75. The zero-order valence-electron chi connectivity index (χ0n) is 11.1. The fourth-order valence-corrected chi connectivity index (χ4v) is 1.84. The van der Waals surface area contributed by atoms with Gasteiger partial charge >= 0.3 is 6.18 Å². The van der Waals surface area contributed by atoms with E-state index < -0.39 is 23.2 Å². The summed E-state index contributed by atoms with van der Waals surface area (Å²) in [6.45, 7) is 3.52. The monoisotopic (exact) mass is 308 g/mol. The summed E-state index contributed by atoms with van der Waals surface area (Å²) in [6.07, 6.45) is -3.65. The quantitative estimate of drug-likeness (QED) is 0.888. The molecule has 0 unspecified atom stereocenters. The first-order valence-corrected chi connectivity index (χ1v) is 6.49. The lowest BCUT2D eigenvalue weighted by atomic mass is 9.93. The van der Waals surface area contributed by atoms with E-state index in [9.17, 15) is 18.0 Å². The molecular weight excluding hydrogens is 293 g/mol. The molecule has 0 heterocycles. The molecule has 0 radical (unpaired) electrons. The van der Waals surface area contributed by atoms with Gasteiger partial charge in [-0.1, -0.05) is 25.4 Å². The second kappa shape index (κ2) is 6.01. The maximum atomic E-state index is 12.5. The van der Waals surface area contributed by atoms with Crippen LogP contribution < -0.4 is 11.1 Å². The van der Waals surface area contributed by atoms with Gasteiger partial charge in [-0.25, -0.2) is 0 Å². The van der Waals surface area contributed by atoms with Crippen molar-refractivity contribution in [1.82, 2.24) is 0 Å². The Morgan fingerprint density at radius 1 is 1.30 bits per heavy atom. The van der Waals surface area contributed by atoms with Crippen molar-refractivity contribution in [3.63, 3.8) is 0 Å². The molecule has 0 aliphatic carbocycles. The van der Waals surface area contributed by atoms with Gasteiger partial charge in [0, 0.05) is 0 Å². The number of amides is 1. The molecule has 0 saturated heterocycles. The lowest BCUT2D eigenvalue weighted by molar-refractivity contribution is -0.137. The van der Waals surface area contributed by atoms with E-state index in [0.29, 0.717) is 12.8 Å². The van der Waals surface area contributed by atoms with Crippen LogP contribution in [0, 0.1) is 0 Å². The van der Waals surface area contributed by atoms with Crippen molar-refractivity contribution in [2.45, 2.75) is 38.4 Å². The molecule has 112 valence electrons. The molecule has 1 rings (SSSR count). The van der Waals surface area contributed by atoms with Gasteiger partial charge in [-0.2, -0.15) is 13.2 Å². The SMILES string of the molecule is CCC(N)(CC)C(=O)Nc1ccc(C(F)(F)F)cc1Cl. The predicted octanol–water partition coefficient (Wildman–Crippen LogP) is 3.81. The molecule has 0 atom stereocenters. The molecule has 7 heteroatoms. The molecule has 1 aromatic carbocycles. The number of nitrogens with two attached hydrogens (primary N) is 1. The van der Waals surface area contributed by atoms with Gasteiger partial charge in [0.15, 0.2) is 0 Å². The van der Waals surface area contributed by atoms with Gasteiger partial charge < -0.3 is 11.1 Å². The summed E-state index contributed by atoms with van der Waals surface area (Å²) in [5.74, 6) is -0.468. The number of benzene rings is 1. The zero-order valence-corrected chi connectivity index (χ0v) is 11.9. The van der Waals surface area contributed by atoms with E-state index in [1.807, 2.05) is 0 Å². The molecule has 20 heavy (non-hydrogen) atoms. The van der Waals surface area contributed by atoms with Crippen LogP contribution in [0.4, 0.5) is 18.9 Å². The molecule has 3 N–H and O–H groups in total. The average molecular weight is 309 g/mol. The Labute approximate surface area is 120 Å². The second-order valence-electron chi connectivity index (χ2n) is 4.51. The number of halogens is 4. The Bertz CT molecular complexity index is 499. The van der Waals surface area contributed by atoms with Crippen LogP contribution in [0.1, 0.15) is 32.3 Å². The highest BCUT2D eigenvalue weighted by atomic mass is 35.5. The molecule has 0 bridgehead atoms. The van der Waals surface area contributed by atoms with Gasteiger partial charge in [-0.15, -0.1) is 0 Å². The fraction of sp³-hybridized carbons (Fsp3) is 0.462. The van der Waals surface area contributed by atoms with Crippen LogP contribution in [0.15, 0.2) is 18.2 Å². The highest BCUT2D eigenvalue weighted by Crippen LogP contribution is 2.34. The van der Waals surface area contributed by atoms with Gasteiger partial charge in [0.1, 0.15) is 0 Å². The first-order chi connectivity index (χ1) is 9.14. The fourth-order valence-electron chi connectivity index (χ4n) is 1.61. The standard InChI is InChI=1S/C13H16ClF3N2O/c1-3-12(18,4-2)11(20)19-10-6-5-8(7-9(10)14)13(15,16)17/h5-7H,3-4,18H2,1-2H3,(H,19,20). The van der Waals surface area contributed by atoms with Crippen LogP contribution in [-0.2, 0) is 11.0 Å². The molecule has 0 aromatic heterocycles. The van der Waals surface area contributed by atoms with Crippen LogP contribution >= 0.6 is 11.6 Å². The Morgan fingerprint density at radius 2 is 1.85 bits per heavy atom. The minimum Gasteiger partial charge on any atom is -0.323 e. The number of alkyl halides is 3. The number of hydrogen-bond donors (Lipinski definition) is 2. The van der Waals surface area contributed by atoms with Crippen molar-refractivity contribution >= 4 is 23.2 Å². The summed E-state index contributed by atoms with van der Waals surface area (Å²) in [7, 11) is 0. The summed E-state index contributed by atoms with van der Waals surface area (Å²) >= 11 is 5.76. The highest BCUT2D eigenvalue weighted by Gasteiger charge is 2.32. The van der Waals surface area contributed by atoms with Crippen molar-refractivity contribution in [3.8, 4) is 0 Å². The molecule has 3 nitrogen and oxygen atoms in total. The lowest BCUT2D eigenvalue weighted by Gasteiger charge is -2.25. The van der Waals surface area contributed by atoms with Gasteiger partial charge in [0.2, 0.25) is 5.91 Å². The zero-order chi connectivity index (χ0) is 15.6. The maximum absolute atomic E-state index is 12.5.